The van der Waals surface area contributed by atoms with Gasteiger partial charge in [0.2, 0.25) is 0 Å². The minimum absolute atomic E-state index is 0.424. The van der Waals surface area contributed by atoms with Crippen molar-refractivity contribution in [1.82, 2.24) is 4.98 Å². The molecule has 0 amide bonds. The second-order valence-corrected chi connectivity index (χ2v) is 4.04. The predicted molar refractivity (Wildman–Crippen MR) is 75.8 cm³/mol. The fraction of sp³-hybridized carbons (Fsp3) is 0.200. The van der Waals surface area contributed by atoms with E-state index in [-0.39, 0.29) is 0 Å². The van der Waals surface area contributed by atoms with E-state index >= 15 is 0 Å². The molecule has 5 nitrogen and oxygen atoms in total. The molecule has 1 aromatic heterocycles. The summed E-state index contributed by atoms with van der Waals surface area (Å²) < 4.78 is 10.5. The lowest BCUT2D eigenvalue weighted by molar-refractivity contribution is 0.395. The first-order valence-corrected chi connectivity index (χ1v) is 6.08. The van der Waals surface area contributed by atoms with Crippen LogP contribution in [-0.4, -0.2) is 19.2 Å². The van der Waals surface area contributed by atoms with E-state index in [0.29, 0.717) is 18.0 Å². The van der Waals surface area contributed by atoms with Crippen molar-refractivity contribution in [2.75, 3.05) is 19.5 Å². The Labute approximate surface area is 117 Å². The summed E-state index contributed by atoms with van der Waals surface area (Å²) in [7, 11) is 3.21. The van der Waals surface area contributed by atoms with Gasteiger partial charge in [-0.3, -0.25) is 0 Å². The average molecular weight is 269 g/mol. The molecule has 0 fully saturated rings. The van der Waals surface area contributed by atoms with Gasteiger partial charge < -0.3 is 14.8 Å². The summed E-state index contributed by atoms with van der Waals surface area (Å²) in [5, 5.41) is 12.2. The minimum Gasteiger partial charge on any atom is -0.497 e. The molecule has 20 heavy (non-hydrogen) atoms. The van der Waals surface area contributed by atoms with Crippen LogP contribution < -0.4 is 14.8 Å². The van der Waals surface area contributed by atoms with Gasteiger partial charge in [0, 0.05) is 24.4 Å². The van der Waals surface area contributed by atoms with Crippen LogP contribution in [0, 0.1) is 11.3 Å². The zero-order valence-corrected chi connectivity index (χ0v) is 11.4. The third-order valence-electron chi connectivity index (χ3n) is 2.88. The lowest BCUT2D eigenvalue weighted by Gasteiger charge is -2.12. The Morgan fingerprint density at radius 2 is 2.10 bits per heavy atom. The van der Waals surface area contributed by atoms with Crippen LogP contribution in [0.2, 0.25) is 0 Å². The maximum Gasteiger partial charge on any atom is 0.145 e. The van der Waals surface area contributed by atoms with Crippen molar-refractivity contribution in [3.8, 4) is 17.6 Å². The summed E-state index contributed by atoms with van der Waals surface area (Å²) in [4.78, 5) is 4.03. The maximum atomic E-state index is 9.00. The molecule has 0 atom stereocenters. The normalized spacial score (nSPS) is 9.65. The highest BCUT2D eigenvalue weighted by Crippen LogP contribution is 2.29. The van der Waals surface area contributed by atoms with Crippen molar-refractivity contribution in [3.05, 3.63) is 47.8 Å². The molecule has 1 aromatic carbocycles. The summed E-state index contributed by atoms with van der Waals surface area (Å²) >= 11 is 0. The summed E-state index contributed by atoms with van der Waals surface area (Å²) in [6.07, 6.45) is 1.61. The fourth-order valence-corrected chi connectivity index (χ4v) is 1.82. The molecule has 2 rings (SSSR count). The number of nitrogens with one attached hydrogen (secondary N) is 1. The highest BCUT2D eigenvalue weighted by atomic mass is 16.5. The lowest BCUT2D eigenvalue weighted by Crippen LogP contribution is -2.04. The highest BCUT2D eigenvalue weighted by Gasteiger charge is 2.06. The molecule has 2 aromatic rings. The minimum atomic E-state index is 0.424. The van der Waals surface area contributed by atoms with Crippen LogP contribution >= 0.6 is 0 Å². The van der Waals surface area contributed by atoms with Crippen LogP contribution in [0.25, 0.3) is 0 Å². The van der Waals surface area contributed by atoms with Gasteiger partial charge in [-0.25, -0.2) is 4.98 Å². The van der Waals surface area contributed by atoms with Crippen LogP contribution in [0.5, 0.6) is 11.5 Å². The maximum absolute atomic E-state index is 9.00. The van der Waals surface area contributed by atoms with E-state index in [1.807, 2.05) is 24.3 Å². The van der Waals surface area contributed by atoms with E-state index in [2.05, 4.69) is 16.4 Å². The quantitative estimate of drug-likeness (QED) is 0.903. The van der Waals surface area contributed by atoms with E-state index in [1.54, 1.807) is 26.5 Å². The van der Waals surface area contributed by atoms with Gasteiger partial charge in [0.15, 0.2) is 0 Å². The van der Waals surface area contributed by atoms with Crippen LogP contribution in [0.4, 0.5) is 5.69 Å². The molecule has 1 heterocycles. The third-order valence-corrected chi connectivity index (χ3v) is 2.88. The molecule has 1 N–H and O–H groups in total. The van der Waals surface area contributed by atoms with Gasteiger partial charge in [0.25, 0.3) is 0 Å². The Morgan fingerprint density at radius 1 is 1.25 bits per heavy atom. The number of aromatic nitrogens is 1. The van der Waals surface area contributed by atoms with Gasteiger partial charge in [-0.2, -0.15) is 5.26 Å². The molecule has 0 aliphatic rings. The lowest BCUT2D eigenvalue weighted by atomic mass is 10.2. The summed E-state index contributed by atoms with van der Waals surface area (Å²) in [6, 6.07) is 11.3. The van der Waals surface area contributed by atoms with Crippen molar-refractivity contribution in [3.63, 3.8) is 0 Å². The number of pyridine rings is 1. The van der Waals surface area contributed by atoms with Gasteiger partial charge in [0.05, 0.1) is 19.9 Å². The number of ether oxygens (including phenoxy) is 2. The molecule has 0 aliphatic heterocycles. The second-order valence-electron chi connectivity index (χ2n) is 4.04. The van der Waals surface area contributed by atoms with Crippen LogP contribution in [0.1, 0.15) is 11.3 Å². The van der Waals surface area contributed by atoms with Crippen molar-refractivity contribution in [2.45, 2.75) is 6.54 Å². The number of nitrogens with zero attached hydrogens (tertiary/aromatic N) is 2. The van der Waals surface area contributed by atoms with Gasteiger partial charge in [0.1, 0.15) is 23.3 Å². The smallest absolute Gasteiger partial charge is 0.145 e. The van der Waals surface area contributed by atoms with Crippen molar-refractivity contribution >= 4 is 5.69 Å². The molecule has 0 aliphatic carbocycles. The Hall–Kier alpha value is -2.74. The first kappa shape index (κ1) is 13.7. The molecule has 0 radical (unpaired) electrons. The zero-order valence-electron chi connectivity index (χ0n) is 11.4. The van der Waals surface area contributed by atoms with E-state index < -0.39 is 0 Å². The number of rotatable bonds is 5. The monoisotopic (exact) mass is 269 g/mol. The Bertz CT molecular complexity index is 635. The van der Waals surface area contributed by atoms with E-state index in [1.165, 1.54) is 0 Å². The molecule has 0 bridgehead atoms. The molecule has 0 spiro atoms. The van der Waals surface area contributed by atoms with Gasteiger partial charge in [-0.05, 0) is 18.2 Å². The Balaban J connectivity index is 2.17. The standard InChI is InChI=1S/C15H15N3O2/c1-19-12-5-6-13(15(8-12)20-2)18-10-11-4-3-7-17-14(11)9-16/h3-8,18H,10H2,1-2H3. The first-order chi connectivity index (χ1) is 9.78. The molecule has 0 saturated carbocycles. The van der Waals surface area contributed by atoms with Gasteiger partial charge in [-0.1, -0.05) is 6.07 Å². The number of benzene rings is 1. The van der Waals surface area contributed by atoms with Gasteiger partial charge in [-0.15, -0.1) is 0 Å². The molecule has 0 unspecified atom stereocenters. The topological polar surface area (TPSA) is 67.2 Å². The molecule has 0 saturated heterocycles. The fourth-order valence-electron chi connectivity index (χ4n) is 1.82. The van der Waals surface area contributed by atoms with Crippen LogP contribution in [-0.2, 0) is 6.54 Å². The number of methoxy groups -OCH3 is 2. The average Bonchev–Trinajstić information content (AvgIpc) is 2.52. The zero-order chi connectivity index (χ0) is 14.4. The third kappa shape index (κ3) is 2.98. The Morgan fingerprint density at radius 3 is 2.80 bits per heavy atom. The van der Waals surface area contributed by atoms with Gasteiger partial charge >= 0.3 is 0 Å². The van der Waals surface area contributed by atoms with E-state index in [9.17, 15) is 0 Å². The van der Waals surface area contributed by atoms with Crippen molar-refractivity contribution < 1.29 is 9.47 Å². The van der Waals surface area contributed by atoms with E-state index in [4.69, 9.17) is 14.7 Å². The van der Waals surface area contributed by atoms with E-state index in [0.717, 1.165) is 17.0 Å². The number of hydrogen-bond donors (Lipinski definition) is 1. The summed E-state index contributed by atoms with van der Waals surface area (Å²) in [5.74, 6) is 1.42. The Kier molecular flexibility index (Phi) is 4.40. The highest BCUT2D eigenvalue weighted by molar-refractivity contribution is 5.59. The second kappa shape index (κ2) is 6.43. The summed E-state index contributed by atoms with van der Waals surface area (Å²) in [6.45, 7) is 0.499. The predicted octanol–water partition coefficient (Wildman–Crippen LogP) is 2.58. The van der Waals surface area contributed by atoms with Crippen molar-refractivity contribution in [2.24, 2.45) is 0 Å². The van der Waals surface area contributed by atoms with Crippen molar-refractivity contribution in [1.29, 1.82) is 5.26 Å². The first-order valence-electron chi connectivity index (χ1n) is 6.08. The number of anilines is 1. The number of nitriles is 1. The van der Waals surface area contributed by atoms with Crippen LogP contribution in [0.15, 0.2) is 36.5 Å². The largest absolute Gasteiger partial charge is 0.497 e. The SMILES string of the molecule is COc1ccc(NCc2cccnc2C#N)c(OC)c1. The van der Waals surface area contributed by atoms with Crippen LogP contribution in [0.3, 0.4) is 0 Å². The molecular formula is C15H15N3O2. The molecular weight excluding hydrogens is 254 g/mol. The number of hydrogen-bond acceptors (Lipinski definition) is 5. The summed E-state index contributed by atoms with van der Waals surface area (Å²) in [5.41, 5.74) is 2.10. The molecule has 5 heteroatoms. The molecule has 102 valence electrons.